The monoisotopic (exact) mass is 628 g/mol. The van der Waals surface area contributed by atoms with Crippen LogP contribution in [0.4, 0.5) is 17.6 Å². The number of nitriles is 1. The van der Waals surface area contributed by atoms with Crippen LogP contribution in [0, 0.1) is 17.1 Å². The third-order valence-corrected chi connectivity index (χ3v) is 9.19. The van der Waals surface area contributed by atoms with E-state index in [0.717, 1.165) is 28.5 Å². The number of hydrogen-bond acceptors (Lipinski definition) is 6. The topological polar surface area (TPSA) is 94.3 Å². The lowest BCUT2D eigenvalue weighted by Crippen LogP contribution is -2.44. The maximum absolute atomic E-state index is 15.5. The van der Waals surface area contributed by atoms with E-state index in [4.69, 9.17) is 0 Å². The normalized spacial score (nSPS) is 17.6. The molecular formula is C31H32F4N6O2S. The summed E-state index contributed by atoms with van der Waals surface area (Å²) in [7, 11) is 0. The minimum Gasteiger partial charge on any atom is -0.343 e. The number of likely N-dealkylation sites (tertiary alicyclic amines) is 1. The number of aryl methyl sites for hydroxylation is 1. The van der Waals surface area contributed by atoms with Gasteiger partial charge in [0.2, 0.25) is 11.8 Å². The van der Waals surface area contributed by atoms with E-state index in [1.165, 1.54) is 29.7 Å². The first-order valence-electron chi connectivity index (χ1n) is 14.4. The summed E-state index contributed by atoms with van der Waals surface area (Å²) in [5.74, 6) is -1.74. The molecule has 0 saturated carbocycles. The van der Waals surface area contributed by atoms with Crippen molar-refractivity contribution in [1.82, 2.24) is 24.9 Å². The quantitative estimate of drug-likeness (QED) is 0.284. The molecule has 232 valence electrons. The van der Waals surface area contributed by atoms with Crippen molar-refractivity contribution in [2.75, 3.05) is 26.2 Å². The van der Waals surface area contributed by atoms with Crippen molar-refractivity contribution in [3.63, 3.8) is 0 Å². The lowest BCUT2D eigenvalue weighted by molar-refractivity contribution is -0.141. The number of nitrogens with one attached hydrogen (secondary N) is 1. The van der Waals surface area contributed by atoms with Gasteiger partial charge >= 0.3 is 6.18 Å². The maximum atomic E-state index is 15.5. The van der Waals surface area contributed by atoms with Gasteiger partial charge in [0.25, 0.3) is 0 Å². The number of piperidine rings is 1. The first-order valence-corrected chi connectivity index (χ1v) is 15.2. The Morgan fingerprint density at radius 3 is 2.61 bits per heavy atom. The minimum atomic E-state index is -4.81. The van der Waals surface area contributed by atoms with E-state index in [2.05, 4.69) is 16.5 Å². The summed E-state index contributed by atoms with van der Waals surface area (Å²) in [4.78, 5) is 29.4. The number of rotatable bonds is 7. The van der Waals surface area contributed by atoms with Crippen molar-refractivity contribution in [1.29, 1.82) is 5.26 Å². The summed E-state index contributed by atoms with van der Waals surface area (Å²) < 4.78 is 58.8. The molecule has 1 atom stereocenters. The van der Waals surface area contributed by atoms with Gasteiger partial charge in [-0.05, 0) is 43.0 Å². The van der Waals surface area contributed by atoms with Gasteiger partial charge in [-0.2, -0.15) is 23.5 Å². The molecule has 3 aromatic rings. The molecule has 0 unspecified atom stereocenters. The number of carbonyl (C=O) groups excluding carboxylic acids is 2. The van der Waals surface area contributed by atoms with E-state index < -0.39 is 23.6 Å². The molecular weight excluding hydrogens is 596 g/mol. The Hall–Kier alpha value is -4.02. The van der Waals surface area contributed by atoms with Gasteiger partial charge in [0.05, 0.1) is 6.54 Å². The summed E-state index contributed by atoms with van der Waals surface area (Å²) in [6.07, 6.45) is 1.21. The maximum Gasteiger partial charge on any atom is 0.435 e. The summed E-state index contributed by atoms with van der Waals surface area (Å²) in [5, 5.41) is 16.7. The highest BCUT2D eigenvalue weighted by atomic mass is 32.1. The molecule has 0 aliphatic carbocycles. The third kappa shape index (κ3) is 6.56. The third-order valence-electron chi connectivity index (χ3n) is 8.15. The van der Waals surface area contributed by atoms with Gasteiger partial charge in [0, 0.05) is 79.9 Å². The molecule has 0 bridgehead atoms. The van der Waals surface area contributed by atoms with E-state index in [1.54, 1.807) is 37.0 Å². The standard InChI is InChI=1S/C31H32F4N6O2S/c1-3-41-17-25(30(38-41)31(33,34)35)29-22(6-4-7-26(29)32)24-16-40(18-27-23(24)14-21(15-36)44-27)28(43)8-5-11-37-20-9-12-39(13-10-20)19(2)42/h4-8,14,17,20,24,37H,3,9-13,16,18H2,1-2H3/b8-5+/t24-/m0/s1. The number of carbonyl (C=O) groups is 2. The van der Waals surface area contributed by atoms with Gasteiger partial charge in [0.1, 0.15) is 16.8 Å². The van der Waals surface area contributed by atoms with Crippen molar-refractivity contribution in [3.8, 4) is 17.2 Å². The van der Waals surface area contributed by atoms with Crippen LogP contribution in [-0.2, 0) is 28.9 Å². The molecule has 2 aliphatic heterocycles. The van der Waals surface area contributed by atoms with E-state index >= 15 is 4.39 Å². The zero-order valence-corrected chi connectivity index (χ0v) is 25.1. The molecule has 1 saturated heterocycles. The largest absolute Gasteiger partial charge is 0.435 e. The van der Waals surface area contributed by atoms with Crippen LogP contribution >= 0.6 is 11.3 Å². The lowest BCUT2D eigenvalue weighted by Gasteiger charge is -2.33. The number of alkyl halides is 3. The van der Waals surface area contributed by atoms with Crippen LogP contribution in [0.25, 0.3) is 11.1 Å². The number of thiophene rings is 1. The first-order chi connectivity index (χ1) is 21.0. The van der Waals surface area contributed by atoms with Gasteiger partial charge in [-0.15, -0.1) is 11.3 Å². The Balaban J connectivity index is 1.41. The second-order valence-electron chi connectivity index (χ2n) is 10.9. The second-order valence-corrected chi connectivity index (χ2v) is 12.0. The molecule has 2 amide bonds. The molecule has 8 nitrogen and oxygen atoms in total. The number of fused-ring (bicyclic) bond motifs is 1. The zero-order valence-electron chi connectivity index (χ0n) is 24.3. The molecule has 13 heteroatoms. The average Bonchev–Trinajstić information content (AvgIpc) is 3.63. The summed E-state index contributed by atoms with van der Waals surface area (Å²) >= 11 is 1.22. The predicted octanol–water partition coefficient (Wildman–Crippen LogP) is 5.29. The number of hydrogen-bond donors (Lipinski definition) is 1. The summed E-state index contributed by atoms with van der Waals surface area (Å²) in [5.41, 5.74) is -0.783. The average molecular weight is 629 g/mol. The number of nitrogens with zero attached hydrogens (tertiary/aromatic N) is 5. The molecule has 1 fully saturated rings. The van der Waals surface area contributed by atoms with Gasteiger partial charge in [-0.25, -0.2) is 4.39 Å². The van der Waals surface area contributed by atoms with Crippen molar-refractivity contribution in [2.24, 2.45) is 0 Å². The van der Waals surface area contributed by atoms with Gasteiger partial charge in [0.15, 0.2) is 5.69 Å². The Morgan fingerprint density at radius 2 is 1.95 bits per heavy atom. The van der Waals surface area contributed by atoms with Crippen molar-refractivity contribution in [3.05, 3.63) is 75.0 Å². The van der Waals surface area contributed by atoms with Crippen LogP contribution in [0.2, 0.25) is 0 Å². The van der Waals surface area contributed by atoms with Crippen LogP contribution in [0.3, 0.4) is 0 Å². The highest BCUT2D eigenvalue weighted by molar-refractivity contribution is 7.12. The van der Waals surface area contributed by atoms with Crippen LogP contribution < -0.4 is 5.32 Å². The van der Waals surface area contributed by atoms with E-state index in [9.17, 15) is 28.0 Å². The Kier molecular flexibility index (Phi) is 9.22. The number of aromatic nitrogens is 2. The van der Waals surface area contributed by atoms with Gasteiger partial charge < -0.3 is 15.1 Å². The lowest BCUT2D eigenvalue weighted by atomic mass is 9.83. The van der Waals surface area contributed by atoms with E-state index in [-0.39, 0.29) is 54.2 Å². The molecule has 5 rings (SSSR count). The van der Waals surface area contributed by atoms with Crippen LogP contribution in [0.15, 0.2) is 42.6 Å². The fourth-order valence-corrected chi connectivity index (χ4v) is 6.93. The number of amides is 2. The van der Waals surface area contributed by atoms with E-state index in [1.807, 2.05) is 4.90 Å². The van der Waals surface area contributed by atoms with Crippen molar-refractivity contribution >= 4 is 23.2 Å². The van der Waals surface area contributed by atoms with Gasteiger partial charge in [-0.1, -0.05) is 18.2 Å². The fraction of sp³-hybridized carbons (Fsp3) is 0.419. The SMILES string of the molecule is CCn1cc(-c2c(F)cccc2[C@@H]2CN(C(=O)/C=C/CNC3CCN(C(C)=O)CC3)Cc3sc(C#N)cc32)c(C(F)(F)F)n1. The van der Waals surface area contributed by atoms with Crippen LogP contribution in [-0.4, -0.2) is 63.6 Å². The molecule has 44 heavy (non-hydrogen) atoms. The highest BCUT2D eigenvalue weighted by Gasteiger charge is 2.40. The van der Waals surface area contributed by atoms with Crippen molar-refractivity contribution < 1.29 is 27.2 Å². The predicted molar refractivity (Wildman–Crippen MR) is 157 cm³/mol. The van der Waals surface area contributed by atoms with Crippen LogP contribution in [0.5, 0.6) is 0 Å². The van der Waals surface area contributed by atoms with Crippen LogP contribution in [0.1, 0.15) is 59.2 Å². The molecule has 2 aromatic heterocycles. The Labute approximate surface area is 256 Å². The summed E-state index contributed by atoms with van der Waals surface area (Å²) in [6, 6.07) is 8.15. The summed E-state index contributed by atoms with van der Waals surface area (Å²) in [6.45, 7) is 5.51. The number of halogens is 4. The fourth-order valence-electron chi connectivity index (χ4n) is 5.90. The molecule has 1 N–H and O–H groups in total. The Morgan fingerprint density at radius 1 is 1.20 bits per heavy atom. The smallest absolute Gasteiger partial charge is 0.343 e. The Bertz CT molecular complexity index is 1610. The zero-order chi connectivity index (χ0) is 31.6. The molecule has 4 heterocycles. The van der Waals surface area contributed by atoms with Crippen molar-refractivity contribution in [2.45, 2.75) is 57.9 Å². The molecule has 0 radical (unpaired) electrons. The highest BCUT2D eigenvalue weighted by Crippen LogP contribution is 2.45. The minimum absolute atomic E-state index is 0.0618. The molecule has 0 spiro atoms. The first kappa shape index (κ1) is 31.4. The second kappa shape index (κ2) is 12.9. The number of benzene rings is 1. The molecule has 1 aromatic carbocycles. The van der Waals surface area contributed by atoms with Gasteiger partial charge in [-0.3, -0.25) is 14.3 Å². The molecule has 2 aliphatic rings. The van der Waals surface area contributed by atoms with E-state index in [0.29, 0.717) is 30.1 Å².